The molecule has 5 nitrogen and oxygen atoms in total. The van der Waals surface area contributed by atoms with Gasteiger partial charge in [-0.2, -0.15) is 8.42 Å². The van der Waals surface area contributed by atoms with E-state index in [1.807, 2.05) is 0 Å². The molecule has 2 N–H and O–H groups in total. The zero-order chi connectivity index (χ0) is 19.7. The van der Waals surface area contributed by atoms with Crippen LogP contribution in [0, 0.1) is 0 Å². The molecule has 2 aromatic rings. The smallest absolute Gasteiger partial charge is 0.261 e. The van der Waals surface area contributed by atoms with Crippen molar-refractivity contribution in [1.29, 1.82) is 0 Å². The molecule has 0 bridgehead atoms. The summed E-state index contributed by atoms with van der Waals surface area (Å²) in [6, 6.07) is 21.4. The third-order valence-corrected chi connectivity index (χ3v) is 4.62. The molecule has 2 aromatic carbocycles. The van der Waals surface area contributed by atoms with E-state index >= 15 is 0 Å². The number of nitrogens with zero attached hydrogens (tertiary/aromatic N) is 1. The molecule has 2 atom stereocenters. The molecule has 0 heterocycles. The summed E-state index contributed by atoms with van der Waals surface area (Å²) in [5.41, 5.74) is 2.63. The SMILES string of the molecule is CS(=O)(=O)O.OC1CCCCC1N(Cc1ccccc1)Cc1ccccc1. The monoisotopic (exact) mass is 391 g/mol. The van der Waals surface area contributed by atoms with Crippen LogP contribution in [0.2, 0.25) is 0 Å². The van der Waals surface area contributed by atoms with Crippen molar-refractivity contribution in [1.82, 2.24) is 4.90 Å². The Kier molecular flexibility index (Phi) is 8.44. The van der Waals surface area contributed by atoms with Crippen LogP contribution in [0.15, 0.2) is 60.7 Å². The standard InChI is InChI=1S/C20H25NO.CH4O3S/c22-20-14-8-7-13-19(20)21(15-17-9-3-1-4-10-17)16-18-11-5-2-6-12-18;1-5(2,3)4/h1-6,9-12,19-20,22H,7-8,13-16H2;1H3,(H,2,3,4). The molecule has 0 amide bonds. The fraction of sp³-hybridized carbons (Fsp3) is 0.429. The van der Waals surface area contributed by atoms with Crippen LogP contribution in [0.1, 0.15) is 36.8 Å². The van der Waals surface area contributed by atoms with E-state index in [1.54, 1.807) is 0 Å². The topological polar surface area (TPSA) is 77.8 Å². The summed E-state index contributed by atoms with van der Waals surface area (Å²) in [7, 11) is -3.67. The Hall–Kier alpha value is -1.73. The molecule has 1 aliphatic carbocycles. The van der Waals surface area contributed by atoms with Crippen LogP contribution >= 0.6 is 0 Å². The molecule has 0 spiro atoms. The van der Waals surface area contributed by atoms with Crippen LogP contribution in [0.5, 0.6) is 0 Å². The lowest BCUT2D eigenvalue weighted by molar-refractivity contribution is 0.0114. The molecule has 1 aliphatic rings. The number of hydrogen-bond donors (Lipinski definition) is 2. The van der Waals surface area contributed by atoms with Gasteiger partial charge in [-0.3, -0.25) is 9.45 Å². The summed E-state index contributed by atoms with van der Waals surface area (Å²) in [5.74, 6) is 0. The first-order chi connectivity index (χ1) is 12.8. The van der Waals surface area contributed by atoms with Gasteiger partial charge in [0.05, 0.1) is 12.4 Å². The van der Waals surface area contributed by atoms with Gasteiger partial charge in [0.2, 0.25) is 0 Å². The molecule has 1 saturated carbocycles. The van der Waals surface area contributed by atoms with Gasteiger partial charge in [-0.25, -0.2) is 0 Å². The minimum atomic E-state index is -3.67. The second-order valence-corrected chi connectivity index (χ2v) is 8.49. The molecule has 3 rings (SSSR count). The Morgan fingerprint density at radius 2 is 1.30 bits per heavy atom. The number of benzene rings is 2. The van der Waals surface area contributed by atoms with Gasteiger partial charge in [0.15, 0.2) is 0 Å². The summed E-state index contributed by atoms with van der Waals surface area (Å²) in [6.45, 7) is 1.80. The Morgan fingerprint density at radius 3 is 1.70 bits per heavy atom. The number of aliphatic hydroxyl groups is 1. The maximum absolute atomic E-state index is 10.5. The molecule has 0 aromatic heterocycles. The summed E-state index contributed by atoms with van der Waals surface area (Å²) in [4.78, 5) is 2.45. The number of hydrogen-bond acceptors (Lipinski definition) is 4. The summed E-state index contributed by atoms with van der Waals surface area (Å²) >= 11 is 0. The van der Waals surface area contributed by atoms with Crippen molar-refractivity contribution in [2.45, 2.75) is 50.9 Å². The van der Waals surface area contributed by atoms with Crippen molar-refractivity contribution in [2.75, 3.05) is 6.26 Å². The van der Waals surface area contributed by atoms with Crippen molar-refractivity contribution in [3.63, 3.8) is 0 Å². The van der Waals surface area contributed by atoms with E-state index in [4.69, 9.17) is 4.55 Å². The summed E-state index contributed by atoms with van der Waals surface area (Å²) in [5, 5.41) is 10.5. The minimum absolute atomic E-state index is 0.193. The van der Waals surface area contributed by atoms with Crippen LogP contribution in [-0.2, 0) is 23.2 Å². The fourth-order valence-electron chi connectivity index (χ4n) is 3.44. The van der Waals surface area contributed by atoms with E-state index in [0.717, 1.165) is 32.4 Å². The molecule has 1 fully saturated rings. The number of aliphatic hydroxyl groups excluding tert-OH is 1. The molecule has 0 saturated heterocycles. The largest absolute Gasteiger partial charge is 0.391 e. The summed E-state index contributed by atoms with van der Waals surface area (Å²) in [6.07, 6.45) is 4.93. The fourth-order valence-corrected chi connectivity index (χ4v) is 3.44. The Bertz CT molecular complexity index is 716. The first kappa shape index (κ1) is 21.6. The van der Waals surface area contributed by atoms with Gasteiger partial charge in [-0.05, 0) is 24.0 Å². The lowest BCUT2D eigenvalue weighted by atomic mass is 9.90. The van der Waals surface area contributed by atoms with E-state index in [9.17, 15) is 13.5 Å². The predicted octanol–water partition coefficient (Wildman–Crippen LogP) is 3.50. The Morgan fingerprint density at radius 1 is 0.889 bits per heavy atom. The van der Waals surface area contributed by atoms with Crippen LogP contribution in [0.4, 0.5) is 0 Å². The lowest BCUT2D eigenvalue weighted by Gasteiger charge is -2.38. The van der Waals surface area contributed by atoms with E-state index in [1.165, 1.54) is 17.5 Å². The van der Waals surface area contributed by atoms with Crippen LogP contribution < -0.4 is 0 Å². The first-order valence-corrected chi connectivity index (χ1v) is 11.1. The minimum Gasteiger partial charge on any atom is -0.391 e. The molecule has 2 unspecified atom stereocenters. The number of rotatable bonds is 5. The average molecular weight is 392 g/mol. The van der Waals surface area contributed by atoms with Crippen molar-refractivity contribution in [3.05, 3.63) is 71.8 Å². The van der Waals surface area contributed by atoms with E-state index in [0.29, 0.717) is 6.26 Å². The second kappa shape index (κ2) is 10.6. The maximum atomic E-state index is 10.5. The van der Waals surface area contributed by atoms with Crippen molar-refractivity contribution < 1.29 is 18.1 Å². The highest BCUT2D eigenvalue weighted by Crippen LogP contribution is 2.26. The predicted molar refractivity (Wildman–Crippen MR) is 108 cm³/mol. The van der Waals surface area contributed by atoms with Crippen molar-refractivity contribution in [3.8, 4) is 0 Å². The zero-order valence-corrected chi connectivity index (χ0v) is 16.6. The van der Waals surface area contributed by atoms with Crippen molar-refractivity contribution in [2.24, 2.45) is 0 Å². The third kappa shape index (κ3) is 8.67. The highest BCUT2D eigenvalue weighted by atomic mass is 32.2. The van der Waals surface area contributed by atoms with Crippen molar-refractivity contribution >= 4 is 10.1 Å². The van der Waals surface area contributed by atoms with E-state index < -0.39 is 10.1 Å². The van der Waals surface area contributed by atoms with E-state index in [-0.39, 0.29) is 12.1 Å². The first-order valence-electron chi connectivity index (χ1n) is 9.25. The second-order valence-electron chi connectivity index (χ2n) is 7.03. The maximum Gasteiger partial charge on any atom is 0.261 e. The van der Waals surface area contributed by atoms with Gasteiger partial charge in [0, 0.05) is 19.1 Å². The highest BCUT2D eigenvalue weighted by Gasteiger charge is 2.28. The molecular formula is C21H29NO4S. The Balaban J connectivity index is 0.000000465. The van der Waals surface area contributed by atoms with Gasteiger partial charge in [-0.15, -0.1) is 0 Å². The van der Waals surface area contributed by atoms with Gasteiger partial charge < -0.3 is 5.11 Å². The Labute approximate surface area is 162 Å². The van der Waals surface area contributed by atoms with Gasteiger partial charge in [0.25, 0.3) is 10.1 Å². The van der Waals surface area contributed by atoms with Gasteiger partial charge in [-0.1, -0.05) is 73.5 Å². The lowest BCUT2D eigenvalue weighted by Crippen LogP contribution is -2.44. The molecule has 27 heavy (non-hydrogen) atoms. The molecule has 0 aliphatic heterocycles. The normalized spacial score (nSPS) is 20.0. The molecular weight excluding hydrogens is 362 g/mol. The quantitative estimate of drug-likeness (QED) is 0.763. The molecule has 0 radical (unpaired) electrons. The van der Waals surface area contributed by atoms with E-state index in [2.05, 4.69) is 65.6 Å². The zero-order valence-electron chi connectivity index (χ0n) is 15.7. The highest BCUT2D eigenvalue weighted by molar-refractivity contribution is 7.85. The molecule has 148 valence electrons. The average Bonchev–Trinajstić information content (AvgIpc) is 2.62. The van der Waals surface area contributed by atoms with Gasteiger partial charge in [0.1, 0.15) is 0 Å². The van der Waals surface area contributed by atoms with Crippen LogP contribution in [0.3, 0.4) is 0 Å². The van der Waals surface area contributed by atoms with Crippen LogP contribution in [0.25, 0.3) is 0 Å². The summed E-state index contributed by atoms with van der Waals surface area (Å²) < 4.78 is 25.9. The van der Waals surface area contributed by atoms with Gasteiger partial charge >= 0.3 is 0 Å². The van der Waals surface area contributed by atoms with Crippen LogP contribution in [-0.4, -0.2) is 41.4 Å². The third-order valence-electron chi connectivity index (χ3n) is 4.62. The molecule has 6 heteroatoms.